The lowest BCUT2D eigenvalue weighted by atomic mass is 10.1. The summed E-state index contributed by atoms with van der Waals surface area (Å²) in [6.45, 7) is 1.11. The number of nitrogens with one attached hydrogen (secondary N) is 2. The number of amides is 1. The van der Waals surface area contributed by atoms with Gasteiger partial charge in [0.05, 0.1) is 18.8 Å². The Hall–Kier alpha value is -1.48. The van der Waals surface area contributed by atoms with Gasteiger partial charge < -0.3 is 21.1 Å². The van der Waals surface area contributed by atoms with E-state index in [1.807, 2.05) is 24.3 Å². The molecular weight excluding hydrogens is 398 g/mol. The summed E-state index contributed by atoms with van der Waals surface area (Å²) in [6.07, 6.45) is 0.693. The number of primary amides is 1. The molecule has 120 valence electrons. The van der Waals surface area contributed by atoms with E-state index in [1.165, 1.54) is 11.3 Å². The topological polar surface area (TPSA) is 76.4 Å². The molecule has 1 aromatic carbocycles. The molecule has 0 bridgehead atoms. The molecule has 1 amide bonds. The van der Waals surface area contributed by atoms with Gasteiger partial charge in [-0.3, -0.25) is 4.79 Å². The van der Waals surface area contributed by atoms with Crippen LogP contribution in [0.1, 0.15) is 20.8 Å². The quantitative estimate of drug-likeness (QED) is 0.673. The van der Waals surface area contributed by atoms with Gasteiger partial charge in [0.15, 0.2) is 5.11 Å². The van der Waals surface area contributed by atoms with Crippen LogP contribution >= 0.6 is 39.5 Å². The Labute approximate surface area is 151 Å². The Kier molecular flexibility index (Phi) is 4.96. The molecule has 0 radical (unpaired) electrons. The molecule has 3 rings (SSSR count). The molecule has 0 unspecified atom stereocenters. The highest BCUT2D eigenvalue weighted by Crippen LogP contribution is 2.36. The lowest BCUT2D eigenvalue weighted by Crippen LogP contribution is -2.22. The van der Waals surface area contributed by atoms with E-state index < -0.39 is 5.91 Å². The zero-order chi connectivity index (χ0) is 16.4. The number of thiocarbonyl (C=S) groups is 1. The van der Waals surface area contributed by atoms with Gasteiger partial charge in [0, 0.05) is 15.0 Å². The number of ether oxygens (including phenoxy) is 1. The number of thiophene rings is 1. The van der Waals surface area contributed by atoms with E-state index in [0.717, 1.165) is 20.6 Å². The predicted molar refractivity (Wildman–Crippen MR) is 100 cm³/mol. The van der Waals surface area contributed by atoms with Gasteiger partial charge in [0.25, 0.3) is 5.91 Å². The Bertz CT molecular complexity index is 759. The van der Waals surface area contributed by atoms with Gasteiger partial charge in [-0.1, -0.05) is 15.9 Å². The van der Waals surface area contributed by atoms with Crippen LogP contribution in [-0.4, -0.2) is 17.6 Å². The Morgan fingerprint density at radius 2 is 2.04 bits per heavy atom. The van der Waals surface area contributed by atoms with Crippen molar-refractivity contribution in [2.45, 2.75) is 13.0 Å². The van der Waals surface area contributed by atoms with Crippen molar-refractivity contribution in [2.24, 2.45) is 5.73 Å². The summed E-state index contributed by atoms with van der Waals surface area (Å²) in [5.41, 5.74) is 7.90. The van der Waals surface area contributed by atoms with Gasteiger partial charge in [-0.2, -0.15) is 0 Å². The highest BCUT2D eigenvalue weighted by Gasteiger charge is 2.24. The zero-order valence-electron chi connectivity index (χ0n) is 12.0. The van der Waals surface area contributed by atoms with Crippen LogP contribution in [0.4, 0.5) is 10.7 Å². The Morgan fingerprint density at radius 1 is 1.30 bits per heavy atom. The number of fused-ring (bicyclic) bond motifs is 1. The molecular formula is C15H14BrN3O2S2. The maximum Gasteiger partial charge on any atom is 0.251 e. The fourth-order valence-electron chi connectivity index (χ4n) is 2.38. The van der Waals surface area contributed by atoms with Gasteiger partial charge >= 0.3 is 0 Å². The Balaban J connectivity index is 1.79. The van der Waals surface area contributed by atoms with E-state index in [-0.39, 0.29) is 0 Å². The second kappa shape index (κ2) is 6.96. The summed E-state index contributed by atoms with van der Waals surface area (Å²) in [5.74, 6) is -0.446. The van der Waals surface area contributed by atoms with Crippen LogP contribution in [-0.2, 0) is 17.8 Å². The third-order valence-corrected chi connectivity index (χ3v) is 5.25. The van der Waals surface area contributed by atoms with E-state index in [1.54, 1.807) is 0 Å². The van der Waals surface area contributed by atoms with Crippen molar-refractivity contribution < 1.29 is 9.53 Å². The van der Waals surface area contributed by atoms with Crippen molar-refractivity contribution in [1.29, 1.82) is 0 Å². The summed E-state index contributed by atoms with van der Waals surface area (Å²) in [6, 6.07) is 7.64. The molecule has 23 heavy (non-hydrogen) atoms. The number of halogens is 1. The summed E-state index contributed by atoms with van der Waals surface area (Å²) in [7, 11) is 0. The number of carbonyl (C=O) groups excluding carboxylic acids is 1. The fraction of sp³-hybridized carbons (Fsp3) is 0.200. The number of benzene rings is 1. The number of nitrogens with two attached hydrogens (primary N) is 1. The molecule has 1 aliphatic heterocycles. The first-order chi connectivity index (χ1) is 11.0. The first kappa shape index (κ1) is 16.4. The standard InChI is InChI=1S/C15H14BrN3O2S2/c16-8-1-3-9(4-2-8)18-15(22)19-14-12(13(17)20)10-5-6-21-7-11(10)23-14/h1-4H,5-7H2,(H2,17,20)(H2,18,19,22). The zero-order valence-corrected chi connectivity index (χ0v) is 15.2. The minimum absolute atomic E-state index is 0.411. The van der Waals surface area contributed by atoms with E-state index in [2.05, 4.69) is 26.6 Å². The van der Waals surface area contributed by atoms with Gasteiger partial charge in [0.1, 0.15) is 5.00 Å². The summed E-state index contributed by atoms with van der Waals surface area (Å²) >= 11 is 10.2. The molecule has 0 fully saturated rings. The van der Waals surface area contributed by atoms with Crippen LogP contribution in [0.15, 0.2) is 28.7 Å². The van der Waals surface area contributed by atoms with Crippen molar-refractivity contribution in [2.75, 3.05) is 17.2 Å². The SMILES string of the molecule is NC(=O)c1c(NC(=S)Nc2ccc(Br)cc2)sc2c1CCOC2. The first-order valence-corrected chi connectivity index (χ1v) is 8.92. The number of hydrogen-bond donors (Lipinski definition) is 3. The molecule has 1 aromatic heterocycles. The molecule has 8 heteroatoms. The third kappa shape index (κ3) is 3.72. The lowest BCUT2D eigenvalue weighted by Gasteiger charge is -2.12. The smallest absolute Gasteiger partial charge is 0.251 e. The Morgan fingerprint density at radius 3 is 2.74 bits per heavy atom. The van der Waals surface area contributed by atoms with Crippen molar-refractivity contribution in [3.05, 3.63) is 44.7 Å². The van der Waals surface area contributed by atoms with Gasteiger partial charge in [0.2, 0.25) is 0 Å². The highest BCUT2D eigenvalue weighted by molar-refractivity contribution is 9.10. The molecule has 4 N–H and O–H groups in total. The molecule has 0 saturated carbocycles. The number of anilines is 2. The first-order valence-electron chi connectivity index (χ1n) is 6.90. The largest absolute Gasteiger partial charge is 0.376 e. The van der Waals surface area contributed by atoms with E-state index in [9.17, 15) is 4.79 Å². The van der Waals surface area contributed by atoms with Crippen molar-refractivity contribution in [3.63, 3.8) is 0 Å². The van der Waals surface area contributed by atoms with Crippen LogP contribution in [0.5, 0.6) is 0 Å². The highest BCUT2D eigenvalue weighted by atomic mass is 79.9. The summed E-state index contributed by atoms with van der Waals surface area (Å²) in [4.78, 5) is 12.8. The lowest BCUT2D eigenvalue weighted by molar-refractivity contribution is 0.0991. The van der Waals surface area contributed by atoms with Crippen LogP contribution in [0.3, 0.4) is 0 Å². The molecule has 0 spiro atoms. The van der Waals surface area contributed by atoms with E-state index in [4.69, 9.17) is 22.7 Å². The fourth-order valence-corrected chi connectivity index (χ4v) is 4.12. The van der Waals surface area contributed by atoms with Gasteiger partial charge in [-0.05, 0) is 48.5 Å². The summed E-state index contributed by atoms with van der Waals surface area (Å²) < 4.78 is 6.42. The number of hydrogen-bond acceptors (Lipinski definition) is 4. The van der Waals surface area contributed by atoms with Crippen LogP contribution in [0.2, 0.25) is 0 Å². The molecule has 0 aliphatic carbocycles. The summed E-state index contributed by atoms with van der Waals surface area (Å²) in [5, 5.41) is 7.25. The van der Waals surface area contributed by atoms with Crippen molar-refractivity contribution in [1.82, 2.24) is 0 Å². The maximum absolute atomic E-state index is 11.8. The molecule has 0 saturated heterocycles. The van der Waals surface area contributed by atoms with Crippen molar-refractivity contribution in [3.8, 4) is 0 Å². The second-order valence-corrected chi connectivity index (χ2v) is 7.39. The van der Waals surface area contributed by atoms with E-state index in [0.29, 0.717) is 35.3 Å². The maximum atomic E-state index is 11.8. The van der Waals surface area contributed by atoms with Crippen LogP contribution in [0, 0.1) is 0 Å². The van der Waals surface area contributed by atoms with Gasteiger partial charge in [-0.15, -0.1) is 11.3 Å². The van der Waals surface area contributed by atoms with Crippen LogP contribution in [0.25, 0.3) is 0 Å². The monoisotopic (exact) mass is 411 g/mol. The third-order valence-electron chi connectivity index (χ3n) is 3.40. The van der Waals surface area contributed by atoms with Gasteiger partial charge in [-0.25, -0.2) is 0 Å². The number of rotatable bonds is 3. The normalized spacial score (nSPS) is 13.3. The molecule has 1 aliphatic rings. The van der Waals surface area contributed by atoms with Crippen LogP contribution < -0.4 is 16.4 Å². The molecule has 2 aromatic rings. The minimum atomic E-state index is -0.446. The predicted octanol–water partition coefficient (Wildman–Crippen LogP) is 3.49. The van der Waals surface area contributed by atoms with Crippen molar-refractivity contribution >= 4 is 61.2 Å². The molecule has 2 heterocycles. The average Bonchev–Trinajstić information content (AvgIpc) is 2.87. The second-order valence-electron chi connectivity index (χ2n) is 4.96. The number of carbonyl (C=O) groups is 1. The van der Waals surface area contributed by atoms with E-state index >= 15 is 0 Å². The molecule has 5 nitrogen and oxygen atoms in total. The average molecular weight is 412 g/mol. The minimum Gasteiger partial charge on any atom is -0.376 e. The molecule has 0 atom stereocenters.